The van der Waals surface area contributed by atoms with Gasteiger partial charge in [-0.25, -0.2) is 8.42 Å². The van der Waals surface area contributed by atoms with Crippen LogP contribution in [0, 0.1) is 13.8 Å². The molecule has 35 heavy (non-hydrogen) atoms. The van der Waals surface area contributed by atoms with Crippen molar-refractivity contribution in [2.45, 2.75) is 72.5 Å². The summed E-state index contributed by atoms with van der Waals surface area (Å²) in [7, 11) is -3.52. The Bertz CT molecular complexity index is 1080. The minimum Gasteiger partial charge on any atom is -0.352 e. The minimum absolute atomic E-state index is 0.0358. The van der Waals surface area contributed by atoms with Gasteiger partial charge in [-0.1, -0.05) is 43.3 Å². The van der Waals surface area contributed by atoms with Gasteiger partial charge in [0, 0.05) is 25.6 Å². The van der Waals surface area contributed by atoms with Crippen LogP contribution < -0.4 is 9.62 Å². The van der Waals surface area contributed by atoms with E-state index in [4.69, 9.17) is 0 Å². The molecule has 1 atom stereocenters. The summed E-state index contributed by atoms with van der Waals surface area (Å²) in [6, 6.07) is 14.6. The van der Waals surface area contributed by atoms with E-state index in [1.165, 1.54) is 10.6 Å². The van der Waals surface area contributed by atoms with Crippen LogP contribution in [0.1, 0.15) is 56.7 Å². The smallest absolute Gasteiger partial charge is 0.243 e. The number of carbonyl (C=O) groups excluding carboxylic acids is 2. The highest BCUT2D eigenvalue weighted by molar-refractivity contribution is 7.92. The number of carbonyl (C=O) groups is 2. The van der Waals surface area contributed by atoms with Crippen molar-refractivity contribution in [2.24, 2.45) is 0 Å². The first-order valence-electron chi connectivity index (χ1n) is 12.1. The van der Waals surface area contributed by atoms with Gasteiger partial charge in [-0.3, -0.25) is 13.9 Å². The zero-order valence-corrected chi connectivity index (χ0v) is 22.6. The van der Waals surface area contributed by atoms with Crippen LogP contribution in [0.2, 0.25) is 0 Å². The van der Waals surface area contributed by atoms with E-state index in [2.05, 4.69) is 5.32 Å². The minimum atomic E-state index is -3.52. The molecule has 0 aromatic heterocycles. The summed E-state index contributed by atoms with van der Waals surface area (Å²) < 4.78 is 26.4. The second kappa shape index (κ2) is 12.7. The Kier molecular flexibility index (Phi) is 10.3. The van der Waals surface area contributed by atoms with Crippen LogP contribution in [0.3, 0.4) is 0 Å². The monoisotopic (exact) mass is 501 g/mol. The molecule has 0 spiro atoms. The van der Waals surface area contributed by atoms with Crippen LogP contribution >= 0.6 is 0 Å². The van der Waals surface area contributed by atoms with Crippen molar-refractivity contribution in [3.8, 4) is 0 Å². The molecule has 0 aliphatic rings. The molecule has 192 valence electrons. The molecule has 0 aliphatic carbocycles. The van der Waals surface area contributed by atoms with Crippen LogP contribution in [0.4, 0.5) is 5.69 Å². The van der Waals surface area contributed by atoms with E-state index in [-0.39, 0.29) is 30.8 Å². The Morgan fingerprint density at radius 3 is 2.11 bits per heavy atom. The molecule has 0 saturated carbocycles. The Labute approximate surface area is 210 Å². The van der Waals surface area contributed by atoms with Gasteiger partial charge in [0.2, 0.25) is 21.8 Å². The van der Waals surface area contributed by atoms with Gasteiger partial charge in [-0.15, -0.1) is 0 Å². The first kappa shape index (κ1) is 28.4. The number of rotatable bonds is 12. The van der Waals surface area contributed by atoms with Gasteiger partial charge in [0.05, 0.1) is 11.9 Å². The SMILES string of the molecule is CC[C@@H](C(=O)NC(C)C)N(Cc1ccccc1)C(=O)CCCN(c1cc(C)cc(C)c1)S(C)(=O)=O. The second-order valence-corrected chi connectivity index (χ2v) is 11.3. The molecule has 2 rings (SSSR count). The van der Waals surface area contributed by atoms with Crippen molar-refractivity contribution in [1.29, 1.82) is 0 Å². The van der Waals surface area contributed by atoms with E-state index in [0.717, 1.165) is 16.7 Å². The van der Waals surface area contributed by atoms with Gasteiger partial charge < -0.3 is 10.2 Å². The summed E-state index contributed by atoms with van der Waals surface area (Å²) in [6.45, 7) is 10.0. The highest BCUT2D eigenvalue weighted by atomic mass is 32.2. The molecule has 8 heteroatoms. The molecular weight excluding hydrogens is 462 g/mol. The molecule has 0 unspecified atom stereocenters. The Hall–Kier alpha value is -2.87. The van der Waals surface area contributed by atoms with E-state index in [9.17, 15) is 18.0 Å². The predicted molar refractivity (Wildman–Crippen MR) is 142 cm³/mol. The maximum absolute atomic E-state index is 13.4. The zero-order valence-electron chi connectivity index (χ0n) is 21.7. The van der Waals surface area contributed by atoms with Crippen molar-refractivity contribution in [2.75, 3.05) is 17.1 Å². The maximum Gasteiger partial charge on any atom is 0.243 e. The van der Waals surface area contributed by atoms with Crippen molar-refractivity contribution >= 4 is 27.5 Å². The van der Waals surface area contributed by atoms with Gasteiger partial charge in [0.25, 0.3) is 0 Å². The van der Waals surface area contributed by atoms with E-state index in [1.807, 2.05) is 83.1 Å². The lowest BCUT2D eigenvalue weighted by atomic mass is 10.1. The summed E-state index contributed by atoms with van der Waals surface area (Å²) in [5.41, 5.74) is 3.48. The number of anilines is 1. The van der Waals surface area contributed by atoms with Crippen LogP contribution in [-0.4, -0.2) is 50.0 Å². The van der Waals surface area contributed by atoms with E-state index in [1.54, 1.807) is 4.90 Å². The number of sulfonamides is 1. The highest BCUT2D eigenvalue weighted by Crippen LogP contribution is 2.22. The summed E-state index contributed by atoms with van der Waals surface area (Å²) in [5, 5.41) is 2.92. The normalized spacial score (nSPS) is 12.3. The van der Waals surface area contributed by atoms with Gasteiger partial charge in [0.15, 0.2) is 0 Å². The molecule has 1 N–H and O–H groups in total. The first-order valence-corrected chi connectivity index (χ1v) is 14.0. The number of nitrogens with one attached hydrogen (secondary N) is 1. The molecule has 0 radical (unpaired) electrons. The largest absolute Gasteiger partial charge is 0.352 e. The van der Waals surface area contributed by atoms with E-state index >= 15 is 0 Å². The van der Waals surface area contributed by atoms with Crippen molar-refractivity contribution < 1.29 is 18.0 Å². The van der Waals surface area contributed by atoms with Crippen molar-refractivity contribution in [3.05, 3.63) is 65.2 Å². The van der Waals surface area contributed by atoms with Crippen LogP contribution in [-0.2, 0) is 26.2 Å². The van der Waals surface area contributed by atoms with Gasteiger partial charge in [-0.2, -0.15) is 0 Å². The standard InChI is InChI=1S/C27H39N3O4S/c1-7-25(27(32)28-20(2)3)29(19-23-12-9-8-10-13-23)26(31)14-11-15-30(35(6,33)34)24-17-21(4)16-22(5)18-24/h8-10,12-13,16-18,20,25H,7,11,14-15,19H2,1-6H3,(H,28,32)/t25-/m0/s1. The molecule has 7 nitrogen and oxygen atoms in total. The highest BCUT2D eigenvalue weighted by Gasteiger charge is 2.29. The molecule has 0 heterocycles. The van der Waals surface area contributed by atoms with Crippen LogP contribution in [0.5, 0.6) is 0 Å². The first-order chi connectivity index (χ1) is 16.4. The Morgan fingerprint density at radius 2 is 1.60 bits per heavy atom. The molecule has 2 aromatic rings. The molecule has 0 saturated heterocycles. The quantitative estimate of drug-likeness (QED) is 0.473. The predicted octanol–water partition coefficient (Wildman–Crippen LogP) is 4.18. The van der Waals surface area contributed by atoms with Gasteiger partial charge in [0.1, 0.15) is 6.04 Å². The summed E-state index contributed by atoms with van der Waals surface area (Å²) in [5.74, 6) is -0.353. The van der Waals surface area contributed by atoms with Crippen molar-refractivity contribution in [1.82, 2.24) is 10.2 Å². The van der Waals surface area contributed by atoms with Crippen molar-refractivity contribution in [3.63, 3.8) is 0 Å². The number of nitrogens with zero attached hydrogens (tertiary/aromatic N) is 2. The lowest BCUT2D eigenvalue weighted by Crippen LogP contribution is -2.50. The Balaban J connectivity index is 2.21. The fourth-order valence-electron chi connectivity index (χ4n) is 4.18. The average molecular weight is 502 g/mol. The number of amides is 2. The lowest BCUT2D eigenvalue weighted by molar-refractivity contribution is -0.141. The molecular formula is C27H39N3O4S. The topological polar surface area (TPSA) is 86.8 Å². The molecule has 0 fully saturated rings. The second-order valence-electron chi connectivity index (χ2n) is 9.38. The summed E-state index contributed by atoms with van der Waals surface area (Å²) in [6.07, 6.45) is 2.13. The average Bonchev–Trinajstić information content (AvgIpc) is 2.75. The molecule has 0 bridgehead atoms. The fourth-order valence-corrected chi connectivity index (χ4v) is 5.13. The van der Waals surface area contributed by atoms with Gasteiger partial charge in [-0.05, 0) is 69.4 Å². The van der Waals surface area contributed by atoms with Crippen LogP contribution in [0.25, 0.3) is 0 Å². The third-order valence-corrected chi connectivity index (χ3v) is 6.85. The Morgan fingerprint density at radius 1 is 1.00 bits per heavy atom. The number of hydrogen-bond acceptors (Lipinski definition) is 4. The lowest BCUT2D eigenvalue weighted by Gasteiger charge is -2.31. The maximum atomic E-state index is 13.4. The van der Waals surface area contributed by atoms with Gasteiger partial charge >= 0.3 is 0 Å². The molecule has 0 aliphatic heterocycles. The fraction of sp³-hybridized carbons (Fsp3) is 0.481. The summed E-state index contributed by atoms with van der Waals surface area (Å²) >= 11 is 0. The number of hydrogen-bond donors (Lipinski definition) is 1. The molecule has 2 amide bonds. The number of aryl methyl sites for hydroxylation is 2. The number of benzene rings is 2. The zero-order chi connectivity index (χ0) is 26.2. The third-order valence-electron chi connectivity index (χ3n) is 5.66. The summed E-state index contributed by atoms with van der Waals surface area (Å²) in [4.78, 5) is 27.9. The third kappa shape index (κ3) is 8.69. The van der Waals surface area contributed by atoms with E-state index in [0.29, 0.717) is 25.1 Å². The van der Waals surface area contributed by atoms with E-state index < -0.39 is 16.1 Å². The molecule has 2 aromatic carbocycles. The van der Waals surface area contributed by atoms with Crippen LogP contribution in [0.15, 0.2) is 48.5 Å².